The number of sulfonamides is 1. The number of rotatable bonds is 6. The van der Waals surface area contributed by atoms with Crippen LogP contribution in [0.2, 0.25) is 0 Å². The number of nitrogens with zero attached hydrogens (tertiary/aromatic N) is 1. The zero-order valence-electron chi connectivity index (χ0n) is 11.8. The molecule has 1 aromatic carbocycles. The lowest BCUT2D eigenvalue weighted by molar-refractivity contribution is 0.0951. The molecule has 0 unspecified atom stereocenters. The maximum atomic E-state index is 11.9. The highest BCUT2D eigenvalue weighted by Crippen LogP contribution is 2.28. The Morgan fingerprint density at radius 2 is 2.10 bits per heavy atom. The summed E-state index contributed by atoms with van der Waals surface area (Å²) in [6, 6.07) is 7.44. The zero-order chi connectivity index (χ0) is 14.8. The Morgan fingerprint density at radius 3 is 2.65 bits per heavy atom. The second-order valence-electron chi connectivity index (χ2n) is 5.23. The van der Waals surface area contributed by atoms with Crippen molar-refractivity contribution in [1.29, 1.82) is 0 Å². The molecule has 0 aromatic heterocycles. The standard InChI is InChI=1S/C14H20N2O3S/c1-11-4-3-5-12(10-11)14(17)15-8-9-16(13-6-7-13)20(2,18)19/h3-5,10,13H,6-9H2,1-2H3,(H,15,17). The molecule has 5 nitrogen and oxygen atoms in total. The van der Waals surface area contributed by atoms with Crippen molar-refractivity contribution in [3.8, 4) is 0 Å². The topological polar surface area (TPSA) is 66.5 Å². The van der Waals surface area contributed by atoms with E-state index in [4.69, 9.17) is 0 Å². The van der Waals surface area contributed by atoms with E-state index >= 15 is 0 Å². The normalized spacial score (nSPS) is 15.3. The van der Waals surface area contributed by atoms with Gasteiger partial charge in [0.05, 0.1) is 6.26 Å². The lowest BCUT2D eigenvalue weighted by Gasteiger charge is -2.19. The third-order valence-electron chi connectivity index (χ3n) is 3.28. The van der Waals surface area contributed by atoms with Crippen LogP contribution in [0.1, 0.15) is 28.8 Å². The highest BCUT2D eigenvalue weighted by atomic mass is 32.2. The Balaban J connectivity index is 1.87. The SMILES string of the molecule is Cc1cccc(C(=O)NCCN(C2CC2)S(C)(=O)=O)c1. The molecule has 0 radical (unpaired) electrons. The van der Waals surface area contributed by atoms with Crippen LogP contribution in [0.15, 0.2) is 24.3 Å². The summed E-state index contributed by atoms with van der Waals surface area (Å²) in [5.41, 5.74) is 1.62. The fourth-order valence-corrected chi connectivity index (χ4v) is 3.33. The number of carbonyl (C=O) groups excluding carboxylic acids is 1. The van der Waals surface area contributed by atoms with Crippen LogP contribution in [0.5, 0.6) is 0 Å². The van der Waals surface area contributed by atoms with Crippen molar-refractivity contribution < 1.29 is 13.2 Å². The number of amides is 1. The first-order chi connectivity index (χ1) is 9.38. The van der Waals surface area contributed by atoms with E-state index in [9.17, 15) is 13.2 Å². The van der Waals surface area contributed by atoms with E-state index in [1.54, 1.807) is 6.07 Å². The van der Waals surface area contributed by atoms with Crippen molar-refractivity contribution in [2.45, 2.75) is 25.8 Å². The summed E-state index contributed by atoms with van der Waals surface area (Å²) < 4.78 is 24.7. The molecule has 1 aliphatic rings. The van der Waals surface area contributed by atoms with Crippen LogP contribution < -0.4 is 5.32 Å². The minimum absolute atomic E-state index is 0.126. The third-order valence-corrected chi connectivity index (χ3v) is 4.61. The molecular formula is C14H20N2O3S. The van der Waals surface area contributed by atoms with Crippen molar-refractivity contribution in [2.24, 2.45) is 0 Å². The Labute approximate surface area is 120 Å². The van der Waals surface area contributed by atoms with Crippen LogP contribution in [0.25, 0.3) is 0 Å². The van der Waals surface area contributed by atoms with Crippen molar-refractivity contribution in [2.75, 3.05) is 19.3 Å². The summed E-state index contributed by atoms with van der Waals surface area (Å²) in [6.45, 7) is 2.59. The molecule has 1 aromatic rings. The number of hydrogen-bond acceptors (Lipinski definition) is 3. The monoisotopic (exact) mass is 296 g/mol. The van der Waals surface area contributed by atoms with E-state index in [1.807, 2.05) is 25.1 Å². The molecule has 1 fully saturated rings. The Kier molecular flexibility index (Phi) is 4.45. The van der Waals surface area contributed by atoms with Crippen molar-refractivity contribution in [3.05, 3.63) is 35.4 Å². The summed E-state index contributed by atoms with van der Waals surface area (Å²) in [5.74, 6) is -0.169. The molecule has 1 amide bonds. The highest BCUT2D eigenvalue weighted by Gasteiger charge is 2.34. The number of carbonyl (C=O) groups is 1. The van der Waals surface area contributed by atoms with Gasteiger partial charge in [0, 0.05) is 24.7 Å². The molecule has 0 spiro atoms. The summed E-state index contributed by atoms with van der Waals surface area (Å²) in [6.07, 6.45) is 3.05. The van der Waals surface area contributed by atoms with Gasteiger partial charge in [0.1, 0.15) is 0 Å². The molecule has 110 valence electrons. The largest absolute Gasteiger partial charge is 0.351 e. The molecular weight excluding hydrogens is 276 g/mol. The summed E-state index contributed by atoms with van der Waals surface area (Å²) in [5, 5.41) is 2.77. The minimum atomic E-state index is -3.19. The fraction of sp³-hybridized carbons (Fsp3) is 0.500. The predicted molar refractivity (Wildman–Crippen MR) is 78.1 cm³/mol. The van der Waals surface area contributed by atoms with Gasteiger partial charge >= 0.3 is 0 Å². The smallest absolute Gasteiger partial charge is 0.251 e. The Bertz CT molecular complexity index is 594. The number of aryl methyl sites for hydroxylation is 1. The molecule has 2 rings (SSSR count). The van der Waals surface area contributed by atoms with Gasteiger partial charge in [-0.3, -0.25) is 4.79 Å². The van der Waals surface area contributed by atoms with Gasteiger partial charge in [-0.2, -0.15) is 4.31 Å². The van der Waals surface area contributed by atoms with Crippen molar-refractivity contribution in [1.82, 2.24) is 9.62 Å². The lowest BCUT2D eigenvalue weighted by atomic mass is 10.1. The summed E-state index contributed by atoms with van der Waals surface area (Å²) in [7, 11) is -3.19. The number of hydrogen-bond donors (Lipinski definition) is 1. The van der Waals surface area contributed by atoms with Gasteiger partial charge in [0.25, 0.3) is 5.91 Å². The molecule has 1 saturated carbocycles. The number of nitrogens with one attached hydrogen (secondary N) is 1. The van der Waals surface area contributed by atoms with E-state index in [2.05, 4.69) is 5.32 Å². The van der Waals surface area contributed by atoms with Gasteiger partial charge in [-0.15, -0.1) is 0 Å². The molecule has 0 atom stereocenters. The van der Waals surface area contributed by atoms with Gasteiger partial charge < -0.3 is 5.32 Å². The van der Waals surface area contributed by atoms with Crippen LogP contribution in [-0.2, 0) is 10.0 Å². The highest BCUT2D eigenvalue weighted by molar-refractivity contribution is 7.88. The zero-order valence-corrected chi connectivity index (χ0v) is 12.6. The van der Waals surface area contributed by atoms with E-state index in [1.165, 1.54) is 10.6 Å². The molecule has 0 aliphatic heterocycles. The molecule has 20 heavy (non-hydrogen) atoms. The molecule has 1 aliphatic carbocycles. The van der Waals surface area contributed by atoms with Crippen molar-refractivity contribution >= 4 is 15.9 Å². The van der Waals surface area contributed by atoms with E-state index in [-0.39, 0.29) is 11.9 Å². The van der Waals surface area contributed by atoms with Gasteiger partial charge in [-0.05, 0) is 31.9 Å². The van der Waals surface area contributed by atoms with Gasteiger partial charge in [-0.1, -0.05) is 17.7 Å². The molecule has 1 N–H and O–H groups in total. The quantitative estimate of drug-likeness (QED) is 0.856. The Morgan fingerprint density at radius 1 is 1.40 bits per heavy atom. The second kappa shape index (κ2) is 5.93. The van der Waals surface area contributed by atoms with Crippen LogP contribution in [-0.4, -0.2) is 44.0 Å². The maximum absolute atomic E-state index is 11.9. The number of benzene rings is 1. The van der Waals surface area contributed by atoms with Crippen LogP contribution in [0.3, 0.4) is 0 Å². The molecule has 0 saturated heterocycles. The molecule has 0 bridgehead atoms. The van der Waals surface area contributed by atoms with E-state index in [0.717, 1.165) is 18.4 Å². The van der Waals surface area contributed by atoms with Gasteiger partial charge in [0.15, 0.2) is 0 Å². The minimum Gasteiger partial charge on any atom is -0.351 e. The predicted octanol–water partition coefficient (Wildman–Crippen LogP) is 1.15. The van der Waals surface area contributed by atoms with E-state index in [0.29, 0.717) is 18.7 Å². The van der Waals surface area contributed by atoms with Crippen molar-refractivity contribution in [3.63, 3.8) is 0 Å². The summed E-state index contributed by atoms with van der Waals surface area (Å²) >= 11 is 0. The maximum Gasteiger partial charge on any atom is 0.251 e. The van der Waals surface area contributed by atoms with Crippen LogP contribution >= 0.6 is 0 Å². The van der Waals surface area contributed by atoms with Crippen LogP contribution in [0, 0.1) is 6.92 Å². The third kappa shape index (κ3) is 4.05. The Hall–Kier alpha value is -1.40. The van der Waals surface area contributed by atoms with Crippen LogP contribution in [0.4, 0.5) is 0 Å². The first kappa shape index (κ1) is 15.0. The van der Waals surface area contributed by atoms with Gasteiger partial charge in [-0.25, -0.2) is 8.42 Å². The second-order valence-corrected chi connectivity index (χ2v) is 7.17. The first-order valence-corrected chi connectivity index (χ1v) is 8.54. The average Bonchev–Trinajstić information content (AvgIpc) is 3.17. The molecule has 0 heterocycles. The summed E-state index contributed by atoms with van der Waals surface area (Å²) in [4.78, 5) is 11.9. The fourth-order valence-electron chi connectivity index (χ4n) is 2.15. The lowest BCUT2D eigenvalue weighted by Crippen LogP contribution is -2.39. The van der Waals surface area contributed by atoms with E-state index < -0.39 is 10.0 Å². The van der Waals surface area contributed by atoms with Gasteiger partial charge in [0.2, 0.25) is 10.0 Å². The molecule has 6 heteroatoms. The first-order valence-electron chi connectivity index (χ1n) is 6.69. The average molecular weight is 296 g/mol.